The maximum absolute atomic E-state index is 14.9. The fourth-order valence-corrected chi connectivity index (χ4v) is 5.03. The van der Waals surface area contributed by atoms with Crippen molar-refractivity contribution in [1.29, 1.82) is 0 Å². The van der Waals surface area contributed by atoms with E-state index in [-0.39, 0.29) is 41.4 Å². The third kappa shape index (κ3) is 7.09. The van der Waals surface area contributed by atoms with Crippen molar-refractivity contribution in [3.8, 4) is 34.3 Å². The van der Waals surface area contributed by atoms with Crippen LogP contribution in [0.15, 0.2) is 60.9 Å². The normalized spacial score (nSPS) is 14.2. The second-order valence-electron chi connectivity index (χ2n) is 9.23. The number of rotatable bonds is 10. The molecule has 1 saturated heterocycles. The molecule has 5 rings (SSSR count). The van der Waals surface area contributed by atoms with Gasteiger partial charge >= 0.3 is 6.18 Å². The summed E-state index contributed by atoms with van der Waals surface area (Å²) in [7, 11) is 1.34. The lowest BCUT2D eigenvalue weighted by Gasteiger charge is -2.24. The summed E-state index contributed by atoms with van der Waals surface area (Å²) in [6.07, 6.45) is 0.445. The van der Waals surface area contributed by atoms with Gasteiger partial charge in [0.25, 0.3) is 0 Å². The number of ether oxygens (including phenoxy) is 3. The molecular weight excluding hydrogens is 562 g/mol. The van der Waals surface area contributed by atoms with Crippen molar-refractivity contribution in [2.45, 2.75) is 31.7 Å². The lowest BCUT2D eigenvalue weighted by molar-refractivity contribution is -0.105. The maximum Gasteiger partial charge on any atom is 0.399 e. The Morgan fingerprint density at radius 3 is 2.59 bits per heavy atom. The Morgan fingerprint density at radius 2 is 1.85 bits per heavy atom. The topological polar surface area (TPSA) is 83.3 Å². The molecule has 1 N–H and O–H groups in total. The number of nitrogens with one attached hydrogen (secondary N) is 1. The highest BCUT2D eigenvalue weighted by Crippen LogP contribution is 2.34. The highest BCUT2D eigenvalue weighted by Gasteiger charge is 2.27. The highest BCUT2D eigenvalue weighted by atomic mass is 32.2. The van der Waals surface area contributed by atoms with E-state index in [4.69, 9.17) is 14.2 Å². The van der Waals surface area contributed by atoms with Gasteiger partial charge in [-0.25, -0.2) is 14.4 Å². The van der Waals surface area contributed by atoms with Crippen molar-refractivity contribution in [2.24, 2.45) is 0 Å². The van der Waals surface area contributed by atoms with Gasteiger partial charge in [-0.15, -0.1) is 0 Å². The van der Waals surface area contributed by atoms with Crippen LogP contribution in [0.25, 0.3) is 22.5 Å². The van der Waals surface area contributed by atoms with Crippen LogP contribution >= 0.6 is 11.9 Å². The van der Waals surface area contributed by atoms with Crippen molar-refractivity contribution < 1.29 is 31.8 Å². The first-order valence-electron chi connectivity index (χ1n) is 12.8. The Hall–Kier alpha value is -3.84. The second kappa shape index (κ2) is 12.8. The van der Waals surface area contributed by atoms with Crippen LogP contribution in [-0.2, 0) is 11.3 Å². The van der Waals surface area contributed by atoms with Gasteiger partial charge in [0, 0.05) is 42.2 Å². The average molecular weight is 590 g/mol. The van der Waals surface area contributed by atoms with Crippen LogP contribution in [0.4, 0.5) is 23.2 Å². The summed E-state index contributed by atoms with van der Waals surface area (Å²) in [5.41, 5.74) is 3.10. The fourth-order valence-electron chi connectivity index (χ4n) is 4.50. The van der Waals surface area contributed by atoms with Crippen molar-refractivity contribution >= 4 is 17.6 Å². The van der Waals surface area contributed by atoms with Gasteiger partial charge in [0.1, 0.15) is 29.6 Å². The smallest absolute Gasteiger partial charge is 0.399 e. The van der Waals surface area contributed by atoms with Crippen LogP contribution in [0.2, 0.25) is 0 Å². The predicted molar refractivity (Wildman–Crippen MR) is 147 cm³/mol. The number of aromatic nitrogens is 4. The molecule has 8 nitrogen and oxygen atoms in total. The maximum atomic E-state index is 14.9. The van der Waals surface area contributed by atoms with E-state index in [9.17, 15) is 17.6 Å². The molecular formula is C28H27F4N5O3S. The van der Waals surface area contributed by atoms with Gasteiger partial charge in [0.05, 0.1) is 25.0 Å². The third-order valence-electron chi connectivity index (χ3n) is 6.39. The summed E-state index contributed by atoms with van der Waals surface area (Å²) < 4.78 is 73.9. The molecule has 216 valence electrons. The van der Waals surface area contributed by atoms with Gasteiger partial charge in [0.15, 0.2) is 0 Å². The van der Waals surface area contributed by atoms with Gasteiger partial charge in [-0.1, -0.05) is 30.3 Å². The van der Waals surface area contributed by atoms with Crippen LogP contribution in [0.3, 0.4) is 0 Å². The largest absolute Gasteiger partial charge is 0.480 e. The van der Waals surface area contributed by atoms with Crippen LogP contribution in [-0.4, -0.2) is 52.0 Å². The molecule has 0 spiro atoms. The predicted octanol–water partition coefficient (Wildman–Crippen LogP) is 6.71. The minimum Gasteiger partial charge on any atom is -0.480 e. The number of benzene rings is 1. The molecule has 0 bridgehead atoms. The Labute approximate surface area is 238 Å². The molecule has 0 saturated carbocycles. The van der Waals surface area contributed by atoms with E-state index >= 15 is 0 Å². The lowest BCUT2D eigenvalue weighted by Crippen LogP contribution is -2.21. The number of methoxy groups -OCH3 is 1. The molecule has 0 radical (unpaired) electrons. The van der Waals surface area contributed by atoms with E-state index in [1.807, 2.05) is 35.0 Å². The van der Waals surface area contributed by atoms with Gasteiger partial charge in [0.2, 0.25) is 11.8 Å². The molecule has 4 aromatic rings. The summed E-state index contributed by atoms with van der Waals surface area (Å²) in [5, 5.41) is 4.67. The average Bonchev–Trinajstić information content (AvgIpc) is 3.41. The van der Waals surface area contributed by atoms with Gasteiger partial charge < -0.3 is 18.9 Å². The lowest BCUT2D eigenvalue weighted by atomic mass is 10.1. The number of alkyl halides is 3. The molecule has 1 aliphatic heterocycles. The van der Waals surface area contributed by atoms with E-state index in [0.717, 1.165) is 29.7 Å². The van der Waals surface area contributed by atoms with Gasteiger partial charge in [-0.3, -0.25) is 4.68 Å². The van der Waals surface area contributed by atoms with Crippen LogP contribution < -0.4 is 14.2 Å². The molecule has 0 amide bonds. The second-order valence-corrected chi connectivity index (χ2v) is 10.0. The van der Waals surface area contributed by atoms with Crippen molar-refractivity contribution in [1.82, 2.24) is 19.7 Å². The fraction of sp³-hybridized carbons (Fsp3) is 0.321. The zero-order chi connectivity index (χ0) is 28.8. The summed E-state index contributed by atoms with van der Waals surface area (Å²) in [6.45, 7) is 1.48. The number of hydrogen-bond donors (Lipinski definition) is 1. The molecule has 41 heavy (non-hydrogen) atoms. The zero-order valence-electron chi connectivity index (χ0n) is 22.0. The van der Waals surface area contributed by atoms with Crippen LogP contribution in [0.5, 0.6) is 11.8 Å². The van der Waals surface area contributed by atoms with Crippen LogP contribution in [0, 0.1) is 5.82 Å². The number of pyridine rings is 2. The van der Waals surface area contributed by atoms with Gasteiger partial charge in [-0.2, -0.15) is 18.3 Å². The molecule has 1 fully saturated rings. The summed E-state index contributed by atoms with van der Waals surface area (Å²) in [4.78, 5) is 8.43. The van der Waals surface area contributed by atoms with Gasteiger partial charge in [-0.05, 0) is 36.9 Å². The molecule has 0 unspecified atom stereocenters. The third-order valence-corrected chi connectivity index (χ3v) is 7.22. The molecule has 1 aromatic carbocycles. The SMILES string of the molecule is COc1ncc(-c2nc(OCc3cnn(C4CCOCC4)c3-c3ccccc3)ccc2F)cc1NSCC(F)(F)F. The molecule has 1 aliphatic rings. The summed E-state index contributed by atoms with van der Waals surface area (Å²) >= 11 is 0.423. The molecule has 3 aromatic heterocycles. The van der Waals surface area contributed by atoms with Crippen molar-refractivity contribution in [3.63, 3.8) is 0 Å². The molecule has 0 atom stereocenters. The first kappa shape index (κ1) is 28.7. The van der Waals surface area contributed by atoms with E-state index in [1.165, 1.54) is 31.5 Å². The van der Waals surface area contributed by atoms with E-state index < -0.39 is 17.7 Å². The highest BCUT2D eigenvalue weighted by molar-refractivity contribution is 8.00. The number of anilines is 1. The zero-order valence-corrected chi connectivity index (χ0v) is 22.8. The Kier molecular flexibility index (Phi) is 8.93. The molecule has 4 heterocycles. The van der Waals surface area contributed by atoms with Crippen molar-refractivity contribution in [2.75, 3.05) is 30.8 Å². The van der Waals surface area contributed by atoms with Crippen molar-refractivity contribution in [3.05, 3.63) is 72.3 Å². The Balaban J connectivity index is 1.38. The Bertz CT molecular complexity index is 1460. The minimum atomic E-state index is -4.36. The number of hydrogen-bond acceptors (Lipinski definition) is 8. The first-order valence-corrected chi connectivity index (χ1v) is 13.8. The number of nitrogens with zero attached hydrogens (tertiary/aromatic N) is 4. The first-order chi connectivity index (χ1) is 19.8. The quantitative estimate of drug-likeness (QED) is 0.162. The standard InChI is InChI=1S/C28H27F4N5O3S/c1-38-27-23(36-41-17-28(30,31)32)13-19(14-33-27)25-22(29)7-8-24(35-25)40-16-20-15-34-37(21-9-11-39-12-10-21)26(20)18-5-3-2-4-6-18/h2-8,13-15,21,36H,9-12,16-17H2,1H3. The van der Waals surface area contributed by atoms with E-state index in [1.54, 1.807) is 6.20 Å². The minimum absolute atomic E-state index is 0.0613. The van der Waals surface area contributed by atoms with E-state index in [2.05, 4.69) is 19.8 Å². The summed E-state index contributed by atoms with van der Waals surface area (Å²) in [6, 6.07) is 14.2. The molecule has 13 heteroatoms. The molecule has 0 aliphatic carbocycles. The van der Waals surface area contributed by atoms with E-state index in [0.29, 0.717) is 25.2 Å². The Morgan fingerprint density at radius 1 is 1.07 bits per heavy atom. The van der Waals surface area contributed by atoms with Crippen LogP contribution in [0.1, 0.15) is 24.4 Å². The summed E-state index contributed by atoms with van der Waals surface area (Å²) in [5.74, 6) is -1.55. The number of halogens is 4. The monoisotopic (exact) mass is 589 g/mol.